The molecule has 1 aromatic rings. The van der Waals surface area contributed by atoms with Gasteiger partial charge in [0.25, 0.3) is 5.69 Å². The molecule has 0 saturated heterocycles. The Kier molecular flexibility index (Phi) is 3.40. The van der Waals surface area contributed by atoms with Gasteiger partial charge >= 0.3 is 0 Å². The van der Waals surface area contributed by atoms with E-state index >= 15 is 0 Å². The highest BCUT2D eigenvalue weighted by molar-refractivity contribution is 5.33. The molecule has 0 saturated carbocycles. The van der Waals surface area contributed by atoms with E-state index in [9.17, 15) is 10.1 Å². The molecule has 13 heavy (non-hydrogen) atoms. The van der Waals surface area contributed by atoms with Crippen molar-refractivity contribution >= 4 is 5.69 Å². The van der Waals surface area contributed by atoms with Crippen molar-refractivity contribution < 1.29 is 9.66 Å². The monoisotopic (exact) mass is 181 g/mol. The first-order valence-corrected chi connectivity index (χ1v) is 4.05. The summed E-state index contributed by atoms with van der Waals surface area (Å²) in [6, 6.07) is 6.46. The van der Waals surface area contributed by atoms with Gasteiger partial charge in [-0.05, 0) is 12.5 Å². The SMILES string of the molecule is CCOCc1cccc([N+](=O)[O-])c1. The second-order valence-corrected chi connectivity index (χ2v) is 2.56. The van der Waals surface area contributed by atoms with Crippen LogP contribution in [0.1, 0.15) is 12.5 Å². The van der Waals surface area contributed by atoms with E-state index in [1.54, 1.807) is 6.07 Å². The van der Waals surface area contributed by atoms with Crippen LogP contribution in [0.2, 0.25) is 0 Å². The van der Waals surface area contributed by atoms with Gasteiger partial charge in [0.05, 0.1) is 11.5 Å². The van der Waals surface area contributed by atoms with Crippen LogP contribution < -0.4 is 0 Å². The van der Waals surface area contributed by atoms with Crippen molar-refractivity contribution in [2.24, 2.45) is 0 Å². The molecule has 0 bridgehead atoms. The number of nitrogens with zero attached hydrogens (tertiary/aromatic N) is 1. The molecule has 0 unspecified atom stereocenters. The molecular formula is C9H11NO3. The van der Waals surface area contributed by atoms with Crippen molar-refractivity contribution in [2.75, 3.05) is 6.61 Å². The van der Waals surface area contributed by atoms with Crippen LogP contribution in [0.25, 0.3) is 0 Å². The molecule has 1 aromatic carbocycles. The first-order valence-electron chi connectivity index (χ1n) is 4.05. The smallest absolute Gasteiger partial charge is 0.269 e. The lowest BCUT2D eigenvalue weighted by Gasteiger charge is -2.00. The summed E-state index contributed by atoms with van der Waals surface area (Å²) in [7, 11) is 0. The summed E-state index contributed by atoms with van der Waals surface area (Å²) < 4.78 is 5.13. The highest BCUT2D eigenvalue weighted by atomic mass is 16.6. The largest absolute Gasteiger partial charge is 0.377 e. The van der Waals surface area contributed by atoms with Crippen LogP contribution in [0.5, 0.6) is 0 Å². The molecule has 70 valence electrons. The minimum absolute atomic E-state index is 0.109. The van der Waals surface area contributed by atoms with Crippen molar-refractivity contribution in [1.82, 2.24) is 0 Å². The molecule has 0 aromatic heterocycles. The molecule has 0 spiro atoms. The van der Waals surface area contributed by atoms with Crippen molar-refractivity contribution in [3.05, 3.63) is 39.9 Å². The van der Waals surface area contributed by atoms with E-state index in [0.717, 1.165) is 5.56 Å². The number of hydrogen-bond acceptors (Lipinski definition) is 3. The van der Waals surface area contributed by atoms with Gasteiger partial charge in [-0.3, -0.25) is 10.1 Å². The van der Waals surface area contributed by atoms with Gasteiger partial charge in [-0.15, -0.1) is 0 Å². The zero-order valence-electron chi connectivity index (χ0n) is 7.40. The number of nitro groups is 1. The fourth-order valence-electron chi connectivity index (χ4n) is 0.980. The topological polar surface area (TPSA) is 52.4 Å². The van der Waals surface area contributed by atoms with Gasteiger partial charge in [0.2, 0.25) is 0 Å². The molecule has 0 atom stereocenters. The molecule has 0 amide bonds. The predicted octanol–water partition coefficient (Wildman–Crippen LogP) is 2.13. The molecule has 0 aliphatic carbocycles. The van der Waals surface area contributed by atoms with Crippen molar-refractivity contribution in [1.29, 1.82) is 0 Å². The van der Waals surface area contributed by atoms with Crippen LogP contribution in [0.4, 0.5) is 5.69 Å². The molecule has 0 fully saturated rings. The number of ether oxygens (including phenoxy) is 1. The lowest BCUT2D eigenvalue weighted by Crippen LogP contribution is -1.93. The number of nitro benzene ring substituents is 1. The number of rotatable bonds is 4. The summed E-state index contributed by atoms with van der Waals surface area (Å²) in [5.74, 6) is 0. The molecule has 0 heterocycles. The van der Waals surface area contributed by atoms with E-state index < -0.39 is 4.92 Å². The van der Waals surface area contributed by atoms with Crippen LogP contribution in [0.3, 0.4) is 0 Å². The highest BCUT2D eigenvalue weighted by Gasteiger charge is 2.04. The second-order valence-electron chi connectivity index (χ2n) is 2.56. The molecule has 4 heteroatoms. The van der Waals surface area contributed by atoms with Crippen LogP contribution in [-0.2, 0) is 11.3 Å². The maximum absolute atomic E-state index is 10.4. The fraction of sp³-hybridized carbons (Fsp3) is 0.333. The zero-order chi connectivity index (χ0) is 9.68. The van der Waals surface area contributed by atoms with Gasteiger partial charge in [0.15, 0.2) is 0 Å². The number of benzene rings is 1. The zero-order valence-corrected chi connectivity index (χ0v) is 7.40. The fourth-order valence-corrected chi connectivity index (χ4v) is 0.980. The lowest BCUT2D eigenvalue weighted by molar-refractivity contribution is -0.384. The third-order valence-electron chi connectivity index (χ3n) is 1.59. The summed E-state index contributed by atoms with van der Waals surface area (Å²) in [5, 5.41) is 10.4. The van der Waals surface area contributed by atoms with E-state index in [2.05, 4.69) is 0 Å². The molecule has 1 rings (SSSR count). The molecule has 0 aliphatic rings. The summed E-state index contributed by atoms with van der Waals surface area (Å²) in [6.45, 7) is 2.93. The Morgan fingerprint density at radius 2 is 2.31 bits per heavy atom. The molecule has 0 radical (unpaired) electrons. The first-order chi connectivity index (χ1) is 6.24. The molecule has 4 nitrogen and oxygen atoms in total. The van der Waals surface area contributed by atoms with Gasteiger partial charge in [0, 0.05) is 18.7 Å². The molecule has 0 N–H and O–H groups in total. The molecule has 0 aliphatic heterocycles. The number of hydrogen-bond donors (Lipinski definition) is 0. The summed E-state index contributed by atoms with van der Waals surface area (Å²) in [5.41, 5.74) is 0.938. The van der Waals surface area contributed by atoms with Crippen LogP contribution >= 0.6 is 0 Å². The standard InChI is InChI=1S/C9H11NO3/c1-2-13-7-8-4-3-5-9(6-8)10(11)12/h3-6H,2,7H2,1H3. The van der Waals surface area contributed by atoms with E-state index in [1.165, 1.54) is 12.1 Å². The maximum Gasteiger partial charge on any atom is 0.269 e. The van der Waals surface area contributed by atoms with E-state index in [-0.39, 0.29) is 5.69 Å². The Balaban J connectivity index is 2.73. The number of non-ortho nitro benzene ring substituents is 1. The summed E-state index contributed by atoms with van der Waals surface area (Å²) >= 11 is 0. The van der Waals surface area contributed by atoms with E-state index in [1.807, 2.05) is 13.0 Å². The third-order valence-corrected chi connectivity index (χ3v) is 1.59. The summed E-state index contributed by atoms with van der Waals surface area (Å²) in [6.07, 6.45) is 0. The average Bonchev–Trinajstić information content (AvgIpc) is 2.15. The highest BCUT2D eigenvalue weighted by Crippen LogP contribution is 2.13. The van der Waals surface area contributed by atoms with Gasteiger partial charge in [-0.1, -0.05) is 12.1 Å². The Morgan fingerprint density at radius 3 is 2.92 bits per heavy atom. The van der Waals surface area contributed by atoms with Crippen molar-refractivity contribution in [3.63, 3.8) is 0 Å². The van der Waals surface area contributed by atoms with Crippen LogP contribution in [0.15, 0.2) is 24.3 Å². The lowest BCUT2D eigenvalue weighted by atomic mass is 10.2. The van der Waals surface area contributed by atoms with Gasteiger partial charge in [-0.25, -0.2) is 0 Å². The normalized spacial score (nSPS) is 9.92. The Bertz CT molecular complexity index is 299. The van der Waals surface area contributed by atoms with E-state index in [0.29, 0.717) is 13.2 Å². The minimum atomic E-state index is -0.407. The van der Waals surface area contributed by atoms with Crippen molar-refractivity contribution in [2.45, 2.75) is 13.5 Å². The van der Waals surface area contributed by atoms with E-state index in [4.69, 9.17) is 4.74 Å². The summed E-state index contributed by atoms with van der Waals surface area (Å²) in [4.78, 5) is 9.98. The van der Waals surface area contributed by atoms with Crippen LogP contribution in [-0.4, -0.2) is 11.5 Å². The van der Waals surface area contributed by atoms with Gasteiger partial charge < -0.3 is 4.74 Å². The maximum atomic E-state index is 10.4. The first kappa shape index (κ1) is 9.67. The Hall–Kier alpha value is -1.42. The molecular weight excluding hydrogens is 170 g/mol. The van der Waals surface area contributed by atoms with Crippen molar-refractivity contribution in [3.8, 4) is 0 Å². The van der Waals surface area contributed by atoms with Gasteiger partial charge in [-0.2, -0.15) is 0 Å². The Labute approximate surface area is 76.3 Å². The quantitative estimate of drug-likeness (QED) is 0.528. The predicted molar refractivity (Wildman–Crippen MR) is 48.4 cm³/mol. The van der Waals surface area contributed by atoms with Crippen LogP contribution in [0, 0.1) is 10.1 Å². The Morgan fingerprint density at radius 1 is 1.54 bits per heavy atom. The second kappa shape index (κ2) is 4.57. The van der Waals surface area contributed by atoms with Gasteiger partial charge in [0.1, 0.15) is 0 Å². The average molecular weight is 181 g/mol. The third kappa shape index (κ3) is 2.83. The minimum Gasteiger partial charge on any atom is -0.377 e.